The Morgan fingerprint density at radius 3 is 3.00 bits per heavy atom. The Hall–Kier alpha value is -1.89. The van der Waals surface area contributed by atoms with Crippen LogP contribution in [0.15, 0.2) is 12.4 Å². The minimum Gasteiger partial charge on any atom is -0.357 e. The lowest BCUT2D eigenvalue weighted by Crippen LogP contribution is -2.44. The summed E-state index contributed by atoms with van der Waals surface area (Å²) in [6.07, 6.45) is 4.83. The molecule has 16 heavy (non-hydrogen) atoms. The number of hydrazine groups is 1. The summed E-state index contributed by atoms with van der Waals surface area (Å²) >= 11 is 0. The van der Waals surface area contributed by atoms with Gasteiger partial charge in [0.25, 0.3) is 0 Å². The number of hydrogen-bond donors (Lipinski definition) is 4. The first kappa shape index (κ1) is 10.6. The fraction of sp³-hybridized carbons (Fsp3) is 0.444. The fourth-order valence-electron chi connectivity index (χ4n) is 1.59. The smallest absolute Gasteiger partial charge is 0.242 e. The molecule has 0 aromatic carbocycles. The zero-order chi connectivity index (χ0) is 11.4. The normalized spacial score (nSPS) is 20.1. The second-order valence-corrected chi connectivity index (χ2v) is 3.56. The van der Waals surface area contributed by atoms with Gasteiger partial charge in [-0.15, -0.1) is 0 Å². The van der Waals surface area contributed by atoms with E-state index in [4.69, 9.17) is 5.84 Å². The van der Waals surface area contributed by atoms with E-state index in [9.17, 15) is 4.79 Å². The molecule has 7 heteroatoms. The second kappa shape index (κ2) is 4.75. The van der Waals surface area contributed by atoms with Crippen molar-refractivity contribution in [1.82, 2.24) is 15.3 Å². The van der Waals surface area contributed by atoms with Gasteiger partial charge < -0.3 is 16.1 Å². The summed E-state index contributed by atoms with van der Waals surface area (Å²) in [5.74, 6) is 6.22. The number of rotatable bonds is 3. The molecule has 1 aliphatic rings. The summed E-state index contributed by atoms with van der Waals surface area (Å²) in [4.78, 5) is 19.6. The highest BCUT2D eigenvalue weighted by Crippen LogP contribution is 2.11. The lowest BCUT2D eigenvalue weighted by atomic mass is 10.1. The van der Waals surface area contributed by atoms with Crippen molar-refractivity contribution in [2.75, 3.05) is 17.3 Å². The number of hydrogen-bond acceptors (Lipinski definition) is 6. The molecular weight excluding hydrogens is 208 g/mol. The summed E-state index contributed by atoms with van der Waals surface area (Å²) in [5, 5.41) is 5.82. The van der Waals surface area contributed by atoms with Gasteiger partial charge in [-0.25, -0.2) is 10.8 Å². The number of nitrogens with one attached hydrogen (secondary N) is 3. The second-order valence-electron chi connectivity index (χ2n) is 3.56. The van der Waals surface area contributed by atoms with Crippen molar-refractivity contribution in [3.63, 3.8) is 0 Å². The van der Waals surface area contributed by atoms with E-state index in [1.54, 1.807) is 6.20 Å². The van der Waals surface area contributed by atoms with Crippen LogP contribution in [0.25, 0.3) is 0 Å². The molecule has 1 saturated heterocycles. The Morgan fingerprint density at radius 1 is 1.44 bits per heavy atom. The summed E-state index contributed by atoms with van der Waals surface area (Å²) in [6, 6.07) is -0.240. The number of carbonyl (C=O) groups is 1. The number of nitrogen functional groups attached to an aromatic ring is 1. The molecule has 1 aliphatic heterocycles. The molecular formula is C9H14N6O. The zero-order valence-electron chi connectivity index (χ0n) is 8.73. The molecule has 1 fully saturated rings. The first-order valence-electron chi connectivity index (χ1n) is 5.12. The highest BCUT2D eigenvalue weighted by molar-refractivity contribution is 5.84. The molecule has 0 radical (unpaired) electrons. The van der Waals surface area contributed by atoms with Crippen LogP contribution in [0.4, 0.5) is 11.6 Å². The Bertz CT molecular complexity index is 382. The highest BCUT2D eigenvalue weighted by Gasteiger charge is 2.21. The van der Waals surface area contributed by atoms with Crippen molar-refractivity contribution in [3.05, 3.63) is 12.4 Å². The van der Waals surface area contributed by atoms with Gasteiger partial charge in [0.2, 0.25) is 5.91 Å². The third-order valence-electron chi connectivity index (χ3n) is 2.39. The molecule has 1 aromatic heterocycles. The minimum atomic E-state index is -0.240. The van der Waals surface area contributed by atoms with E-state index in [0.29, 0.717) is 11.6 Å². The van der Waals surface area contributed by atoms with Crippen LogP contribution in [0, 0.1) is 0 Å². The van der Waals surface area contributed by atoms with E-state index in [1.807, 2.05) is 0 Å². The van der Waals surface area contributed by atoms with Gasteiger partial charge in [0.15, 0.2) is 5.82 Å². The van der Waals surface area contributed by atoms with E-state index < -0.39 is 0 Å². The van der Waals surface area contributed by atoms with Crippen molar-refractivity contribution < 1.29 is 4.79 Å². The predicted octanol–water partition coefficient (Wildman–Crippen LogP) is -0.547. The molecule has 1 unspecified atom stereocenters. The summed E-state index contributed by atoms with van der Waals surface area (Å²) in [5.41, 5.74) is 2.40. The molecule has 1 aromatic rings. The molecule has 1 atom stereocenters. The van der Waals surface area contributed by atoms with Gasteiger partial charge in [0.1, 0.15) is 11.9 Å². The number of anilines is 2. The van der Waals surface area contributed by atoms with Crippen molar-refractivity contribution in [3.8, 4) is 0 Å². The van der Waals surface area contributed by atoms with Crippen LogP contribution < -0.4 is 21.9 Å². The molecule has 5 N–H and O–H groups in total. The number of aromatic nitrogens is 2. The monoisotopic (exact) mass is 222 g/mol. The van der Waals surface area contributed by atoms with E-state index >= 15 is 0 Å². The Kier molecular flexibility index (Phi) is 3.16. The Morgan fingerprint density at radius 2 is 2.25 bits per heavy atom. The van der Waals surface area contributed by atoms with Crippen molar-refractivity contribution in [2.24, 2.45) is 5.84 Å². The molecule has 0 bridgehead atoms. The third-order valence-corrected chi connectivity index (χ3v) is 2.39. The number of amides is 1. The summed E-state index contributed by atoms with van der Waals surface area (Å²) in [7, 11) is 0. The van der Waals surface area contributed by atoms with Gasteiger partial charge in [-0.3, -0.25) is 9.78 Å². The quantitative estimate of drug-likeness (QED) is 0.404. The number of piperidine rings is 1. The van der Waals surface area contributed by atoms with Crippen LogP contribution in [0.1, 0.15) is 12.8 Å². The van der Waals surface area contributed by atoms with Gasteiger partial charge >= 0.3 is 0 Å². The number of carbonyl (C=O) groups excluding carboxylic acids is 1. The number of nitrogens with zero attached hydrogens (tertiary/aromatic N) is 2. The fourth-order valence-corrected chi connectivity index (χ4v) is 1.59. The molecule has 86 valence electrons. The topological polar surface area (TPSA) is 105 Å². The third kappa shape index (κ3) is 2.37. The highest BCUT2D eigenvalue weighted by atomic mass is 16.2. The molecule has 7 nitrogen and oxygen atoms in total. The first-order chi connectivity index (χ1) is 7.79. The average Bonchev–Trinajstić information content (AvgIpc) is 2.32. The van der Waals surface area contributed by atoms with Gasteiger partial charge in [-0.1, -0.05) is 0 Å². The van der Waals surface area contributed by atoms with Gasteiger partial charge in [0, 0.05) is 6.54 Å². The van der Waals surface area contributed by atoms with Gasteiger partial charge in [-0.05, 0) is 12.8 Å². The average molecular weight is 222 g/mol. The van der Waals surface area contributed by atoms with Crippen LogP contribution in [0.3, 0.4) is 0 Å². The SMILES string of the molecule is NNc1cncc(NC2CCCNC2=O)n1. The van der Waals surface area contributed by atoms with E-state index in [0.717, 1.165) is 19.4 Å². The van der Waals surface area contributed by atoms with E-state index in [2.05, 4.69) is 26.0 Å². The Labute approximate surface area is 92.8 Å². The summed E-state index contributed by atoms with van der Waals surface area (Å²) < 4.78 is 0. The van der Waals surface area contributed by atoms with Crippen LogP contribution in [0.2, 0.25) is 0 Å². The maximum atomic E-state index is 11.5. The lowest BCUT2D eigenvalue weighted by molar-refractivity contribution is -0.123. The van der Waals surface area contributed by atoms with Crippen molar-refractivity contribution in [1.29, 1.82) is 0 Å². The lowest BCUT2D eigenvalue weighted by Gasteiger charge is -2.23. The predicted molar refractivity (Wildman–Crippen MR) is 59.5 cm³/mol. The molecule has 2 heterocycles. The van der Waals surface area contributed by atoms with Crippen LogP contribution in [-0.4, -0.2) is 28.5 Å². The molecule has 2 rings (SSSR count). The van der Waals surface area contributed by atoms with Gasteiger partial charge in [-0.2, -0.15) is 0 Å². The largest absolute Gasteiger partial charge is 0.357 e. The van der Waals surface area contributed by atoms with E-state index in [-0.39, 0.29) is 11.9 Å². The van der Waals surface area contributed by atoms with Gasteiger partial charge in [0.05, 0.1) is 12.4 Å². The van der Waals surface area contributed by atoms with Crippen LogP contribution in [0.5, 0.6) is 0 Å². The zero-order valence-corrected chi connectivity index (χ0v) is 8.73. The molecule has 0 aliphatic carbocycles. The summed E-state index contributed by atoms with van der Waals surface area (Å²) in [6.45, 7) is 0.743. The standard InChI is InChI=1S/C9H14N6O/c10-15-8-5-11-4-7(14-8)13-6-2-1-3-12-9(6)16/h4-6H,1-3,10H2,(H,12,16)(H2,13,14,15). The van der Waals surface area contributed by atoms with E-state index in [1.165, 1.54) is 6.20 Å². The molecule has 0 spiro atoms. The van der Waals surface area contributed by atoms with Crippen molar-refractivity contribution >= 4 is 17.5 Å². The molecule has 1 amide bonds. The maximum absolute atomic E-state index is 11.5. The number of nitrogens with two attached hydrogens (primary N) is 1. The Balaban J connectivity index is 2.04. The van der Waals surface area contributed by atoms with Crippen LogP contribution >= 0.6 is 0 Å². The first-order valence-corrected chi connectivity index (χ1v) is 5.12. The van der Waals surface area contributed by atoms with Crippen molar-refractivity contribution in [2.45, 2.75) is 18.9 Å². The molecule has 0 saturated carbocycles. The maximum Gasteiger partial charge on any atom is 0.242 e. The minimum absolute atomic E-state index is 0.000777. The van der Waals surface area contributed by atoms with Crippen LogP contribution in [-0.2, 0) is 4.79 Å².